The second-order valence-corrected chi connectivity index (χ2v) is 9.00. The molecule has 8 nitrogen and oxygen atoms in total. The average Bonchev–Trinajstić information content (AvgIpc) is 3.61. The topological polar surface area (TPSA) is 80.0 Å². The minimum Gasteiger partial charge on any atom is -0.336 e. The molecule has 168 valence electrons. The average molecular weight is 468 g/mol. The van der Waals surface area contributed by atoms with Crippen LogP contribution in [0.25, 0.3) is 27.2 Å². The van der Waals surface area contributed by atoms with E-state index in [0.717, 1.165) is 27.2 Å². The fourth-order valence-electron chi connectivity index (χ4n) is 4.30. The third-order valence-electron chi connectivity index (χ3n) is 6.02. The summed E-state index contributed by atoms with van der Waals surface area (Å²) in [6, 6.07) is 23.6. The largest absolute Gasteiger partial charge is 0.336 e. The van der Waals surface area contributed by atoms with Gasteiger partial charge in [0.2, 0.25) is 5.95 Å². The highest BCUT2D eigenvalue weighted by atomic mass is 32.1. The van der Waals surface area contributed by atoms with Crippen molar-refractivity contribution >= 4 is 34.1 Å². The van der Waals surface area contributed by atoms with Crippen molar-refractivity contribution < 1.29 is 4.79 Å². The molecule has 5 aromatic rings. The summed E-state index contributed by atoms with van der Waals surface area (Å²) in [5, 5.41) is 15.2. The van der Waals surface area contributed by atoms with Crippen LogP contribution in [0.2, 0.25) is 0 Å². The van der Waals surface area contributed by atoms with Gasteiger partial charge in [-0.25, -0.2) is 4.98 Å². The fourth-order valence-corrected chi connectivity index (χ4v) is 4.98. The Labute approximate surface area is 200 Å². The molecule has 0 atom stereocenters. The summed E-state index contributed by atoms with van der Waals surface area (Å²) < 4.78 is 1.74. The number of hydrogen-bond donors (Lipinski definition) is 0. The number of aromatic nitrogens is 5. The smallest absolute Gasteiger partial charge is 0.254 e. The van der Waals surface area contributed by atoms with Gasteiger partial charge in [-0.2, -0.15) is 4.68 Å². The van der Waals surface area contributed by atoms with Crippen LogP contribution in [-0.2, 0) is 0 Å². The molecule has 3 aromatic heterocycles. The maximum atomic E-state index is 13.7. The van der Waals surface area contributed by atoms with Crippen molar-refractivity contribution in [2.75, 3.05) is 31.1 Å². The van der Waals surface area contributed by atoms with Crippen LogP contribution in [-0.4, -0.2) is 62.2 Å². The van der Waals surface area contributed by atoms with E-state index in [1.54, 1.807) is 16.0 Å². The normalized spacial score (nSPS) is 14.0. The molecule has 1 amide bonds. The Balaban J connectivity index is 1.26. The first-order chi connectivity index (χ1) is 16.8. The Bertz CT molecular complexity index is 1440. The van der Waals surface area contributed by atoms with E-state index in [1.807, 2.05) is 83.1 Å². The van der Waals surface area contributed by atoms with E-state index >= 15 is 0 Å². The molecule has 0 N–H and O–H groups in total. The third kappa shape index (κ3) is 3.69. The molecule has 1 aliphatic heterocycles. The summed E-state index contributed by atoms with van der Waals surface area (Å²) in [7, 11) is 0. The monoisotopic (exact) mass is 467 g/mol. The van der Waals surface area contributed by atoms with E-state index in [9.17, 15) is 4.79 Å². The zero-order valence-electron chi connectivity index (χ0n) is 18.3. The summed E-state index contributed by atoms with van der Waals surface area (Å²) in [6.07, 6.45) is 0. The van der Waals surface area contributed by atoms with Crippen molar-refractivity contribution in [1.29, 1.82) is 0 Å². The second kappa shape index (κ2) is 8.68. The first-order valence-electron chi connectivity index (χ1n) is 11.1. The van der Waals surface area contributed by atoms with Gasteiger partial charge < -0.3 is 9.80 Å². The molecule has 0 spiro atoms. The lowest BCUT2D eigenvalue weighted by Crippen LogP contribution is -2.49. The molecule has 9 heteroatoms. The quantitative estimate of drug-likeness (QED) is 0.399. The molecule has 0 aliphatic carbocycles. The highest BCUT2D eigenvalue weighted by Gasteiger charge is 2.27. The molecular weight excluding hydrogens is 446 g/mol. The number of carbonyl (C=O) groups excluding carboxylic acids is 1. The van der Waals surface area contributed by atoms with E-state index in [4.69, 9.17) is 4.98 Å². The van der Waals surface area contributed by atoms with Crippen molar-refractivity contribution in [3.05, 3.63) is 83.7 Å². The summed E-state index contributed by atoms with van der Waals surface area (Å²) in [6.45, 7) is 2.48. The summed E-state index contributed by atoms with van der Waals surface area (Å²) >= 11 is 1.62. The molecule has 4 heterocycles. The number of fused-ring (bicyclic) bond motifs is 1. The molecule has 1 aliphatic rings. The van der Waals surface area contributed by atoms with Gasteiger partial charge in [0.25, 0.3) is 5.91 Å². The number of para-hydroxylation sites is 2. The Morgan fingerprint density at radius 1 is 0.882 bits per heavy atom. The molecule has 0 unspecified atom stereocenters. The van der Waals surface area contributed by atoms with E-state index in [1.165, 1.54) is 0 Å². The summed E-state index contributed by atoms with van der Waals surface area (Å²) in [5.41, 5.74) is 3.26. The van der Waals surface area contributed by atoms with Crippen molar-refractivity contribution in [3.63, 3.8) is 0 Å². The summed E-state index contributed by atoms with van der Waals surface area (Å²) in [5.74, 6) is 0.714. The number of anilines is 1. The lowest BCUT2D eigenvalue weighted by molar-refractivity contribution is 0.0748. The first kappa shape index (κ1) is 20.5. The van der Waals surface area contributed by atoms with Gasteiger partial charge >= 0.3 is 0 Å². The highest BCUT2D eigenvalue weighted by molar-refractivity contribution is 7.13. The van der Waals surface area contributed by atoms with Crippen molar-refractivity contribution in [3.8, 4) is 16.3 Å². The van der Waals surface area contributed by atoms with Gasteiger partial charge in [-0.15, -0.1) is 11.3 Å². The minimum atomic E-state index is 0.0266. The van der Waals surface area contributed by atoms with Crippen LogP contribution in [0.15, 0.2) is 78.2 Å². The fraction of sp³-hybridized carbons (Fsp3) is 0.160. The van der Waals surface area contributed by atoms with Gasteiger partial charge in [-0.05, 0) is 46.1 Å². The van der Waals surface area contributed by atoms with E-state index in [2.05, 4.69) is 20.4 Å². The van der Waals surface area contributed by atoms with Crippen LogP contribution in [0.1, 0.15) is 10.4 Å². The number of nitrogens with zero attached hydrogens (tertiary/aromatic N) is 7. The molecule has 0 saturated carbocycles. The number of benzene rings is 2. The molecule has 0 radical (unpaired) electrons. The van der Waals surface area contributed by atoms with Crippen molar-refractivity contribution in [1.82, 2.24) is 30.1 Å². The standard InChI is InChI=1S/C25H21N7OS/c33-24(20-17-22(23-11-6-16-34-23)26-21-10-5-4-9-19(20)21)30-12-14-31(15-13-30)25-27-28-29-32(25)18-7-2-1-3-8-18/h1-11,16-17H,12-15H2. The number of rotatable bonds is 4. The van der Waals surface area contributed by atoms with Crippen molar-refractivity contribution in [2.24, 2.45) is 0 Å². The molecule has 34 heavy (non-hydrogen) atoms. The SMILES string of the molecule is O=C(c1cc(-c2cccs2)nc2ccccc12)N1CCN(c2nnnn2-c2ccccc2)CC1. The number of carbonyl (C=O) groups is 1. The van der Waals surface area contributed by atoms with Crippen LogP contribution in [0, 0.1) is 0 Å². The van der Waals surface area contributed by atoms with Crippen molar-refractivity contribution in [2.45, 2.75) is 0 Å². The number of thiophene rings is 1. The number of piperazine rings is 1. The highest BCUT2D eigenvalue weighted by Crippen LogP contribution is 2.29. The van der Waals surface area contributed by atoms with Gasteiger partial charge in [0, 0.05) is 31.6 Å². The number of amides is 1. The lowest BCUT2D eigenvalue weighted by atomic mass is 10.1. The van der Waals surface area contributed by atoms with Gasteiger partial charge in [0.15, 0.2) is 0 Å². The summed E-state index contributed by atoms with van der Waals surface area (Å²) in [4.78, 5) is 23.5. The van der Waals surface area contributed by atoms with Crippen LogP contribution in [0.3, 0.4) is 0 Å². The predicted octanol–water partition coefficient (Wildman–Crippen LogP) is 3.90. The molecule has 1 fully saturated rings. The predicted molar refractivity (Wildman–Crippen MR) is 132 cm³/mol. The minimum absolute atomic E-state index is 0.0266. The molecule has 0 bridgehead atoms. The van der Waals surface area contributed by atoms with E-state index < -0.39 is 0 Å². The van der Waals surface area contributed by atoms with E-state index in [-0.39, 0.29) is 5.91 Å². The zero-order chi connectivity index (χ0) is 22.9. The Morgan fingerprint density at radius 2 is 1.68 bits per heavy atom. The van der Waals surface area contributed by atoms with Gasteiger partial charge in [0.05, 0.1) is 27.3 Å². The Kier molecular flexibility index (Phi) is 5.23. The maximum absolute atomic E-state index is 13.7. The van der Waals surface area contributed by atoms with Crippen LogP contribution >= 0.6 is 11.3 Å². The first-order valence-corrected chi connectivity index (χ1v) is 12.0. The number of pyridine rings is 1. The van der Waals surface area contributed by atoms with E-state index in [0.29, 0.717) is 37.7 Å². The third-order valence-corrected chi connectivity index (χ3v) is 6.92. The maximum Gasteiger partial charge on any atom is 0.254 e. The van der Waals surface area contributed by atoms with Gasteiger partial charge in [-0.3, -0.25) is 4.79 Å². The molecule has 6 rings (SSSR count). The lowest BCUT2D eigenvalue weighted by Gasteiger charge is -2.35. The molecular formula is C25H21N7OS. The van der Waals surface area contributed by atoms with Crippen LogP contribution < -0.4 is 4.90 Å². The van der Waals surface area contributed by atoms with Gasteiger partial charge in [0.1, 0.15) is 0 Å². The van der Waals surface area contributed by atoms with Crippen LogP contribution in [0.4, 0.5) is 5.95 Å². The molecule has 2 aromatic carbocycles. The Hall–Kier alpha value is -4.11. The second-order valence-electron chi connectivity index (χ2n) is 8.05. The molecule has 1 saturated heterocycles. The number of hydrogen-bond acceptors (Lipinski definition) is 7. The Morgan fingerprint density at radius 3 is 2.47 bits per heavy atom. The zero-order valence-corrected chi connectivity index (χ0v) is 19.1. The van der Waals surface area contributed by atoms with Gasteiger partial charge in [-0.1, -0.05) is 47.6 Å². The number of tetrazole rings is 1. The van der Waals surface area contributed by atoms with Crippen LogP contribution in [0.5, 0.6) is 0 Å².